The Balaban J connectivity index is 2.88. The van der Waals surface area contributed by atoms with Crippen LogP contribution in [0.4, 0.5) is 0 Å². The van der Waals surface area contributed by atoms with Gasteiger partial charge in [0.15, 0.2) is 0 Å². The number of aromatic carboxylic acids is 1. The van der Waals surface area contributed by atoms with Gasteiger partial charge in [0.2, 0.25) is 0 Å². The first kappa shape index (κ1) is 14.1. The Morgan fingerprint density at radius 2 is 1.70 bits per heavy atom. The maximum Gasteiger partial charge on any atom is 0.341 e. The number of hydrogen-bond acceptors (Lipinski definition) is 2. The van der Waals surface area contributed by atoms with E-state index in [9.17, 15) is 14.7 Å². The molecule has 0 atom stereocenters. The molecule has 0 saturated carbocycles. The highest BCUT2D eigenvalue weighted by molar-refractivity contribution is 5.89. The molecule has 20 heavy (non-hydrogen) atoms. The Kier molecular flexibility index (Phi) is 3.49. The molecule has 1 heterocycles. The number of hydrogen-bond donors (Lipinski definition) is 1. The van der Waals surface area contributed by atoms with Gasteiger partial charge in [0, 0.05) is 5.69 Å². The Labute approximate surface area is 117 Å². The van der Waals surface area contributed by atoms with E-state index in [4.69, 9.17) is 0 Å². The number of benzene rings is 1. The third-order valence-corrected chi connectivity index (χ3v) is 3.41. The zero-order valence-corrected chi connectivity index (χ0v) is 12.0. The lowest BCUT2D eigenvalue weighted by atomic mass is 10.1. The van der Waals surface area contributed by atoms with E-state index in [0.717, 1.165) is 22.5 Å². The summed E-state index contributed by atoms with van der Waals surface area (Å²) in [5.41, 5.74) is 3.25. The van der Waals surface area contributed by atoms with Gasteiger partial charge < -0.3 is 5.11 Å². The smallest absolute Gasteiger partial charge is 0.341 e. The number of carboxylic acids is 1. The highest BCUT2D eigenvalue weighted by atomic mass is 16.4. The topological polar surface area (TPSA) is 59.3 Å². The lowest BCUT2D eigenvalue weighted by Crippen LogP contribution is -2.28. The first-order valence-corrected chi connectivity index (χ1v) is 6.37. The molecule has 0 saturated heterocycles. The fraction of sp³-hybridized carbons (Fsp3) is 0.250. The van der Waals surface area contributed by atoms with Gasteiger partial charge in [0.1, 0.15) is 5.56 Å². The van der Waals surface area contributed by atoms with Crippen LogP contribution in [0.1, 0.15) is 32.7 Å². The van der Waals surface area contributed by atoms with Crippen molar-refractivity contribution in [3.63, 3.8) is 0 Å². The normalized spacial score (nSPS) is 10.6. The van der Waals surface area contributed by atoms with E-state index in [1.165, 1.54) is 4.57 Å². The first-order valence-electron chi connectivity index (χ1n) is 6.37. The molecule has 0 fully saturated rings. The van der Waals surface area contributed by atoms with Crippen LogP contribution in [-0.2, 0) is 0 Å². The van der Waals surface area contributed by atoms with E-state index in [0.29, 0.717) is 5.56 Å². The summed E-state index contributed by atoms with van der Waals surface area (Å²) in [6.45, 7) is 7.30. The third-order valence-electron chi connectivity index (χ3n) is 3.41. The summed E-state index contributed by atoms with van der Waals surface area (Å²) >= 11 is 0. The van der Waals surface area contributed by atoms with Crippen molar-refractivity contribution in [2.45, 2.75) is 27.7 Å². The summed E-state index contributed by atoms with van der Waals surface area (Å²) in [5, 5.41) is 9.22. The highest BCUT2D eigenvalue weighted by Gasteiger charge is 2.18. The average molecular weight is 271 g/mol. The second-order valence-electron chi connectivity index (χ2n) is 5.08. The minimum absolute atomic E-state index is 0.170. The molecule has 0 aliphatic rings. The monoisotopic (exact) mass is 271 g/mol. The molecule has 4 nitrogen and oxygen atoms in total. The molecule has 4 heteroatoms. The van der Waals surface area contributed by atoms with Gasteiger partial charge in [-0.2, -0.15) is 0 Å². The second-order valence-corrected chi connectivity index (χ2v) is 5.08. The van der Waals surface area contributed by atoms with Crippen molar-refractivity contribution >= 4 is 5.97 Å². The maximum atomic E-state index is 12.5. The minimum atomic E-state index is -1.19. The summed E-state index contributed by atoms with van der Waals surface area (Å²) in [5.74, 6) is -1.19. The summed E-state index contributed by atoms with van der Waals surface area (Å²) in [6.07, 6.45) is 0. The number of pyridine rings is 1. The van der Waals surface area contributed by atoms with Crippen molar-refractivity contribution in [3.8, 4) is 5.69 Å². The molecular weight excluding hydrogens is 254 g/mol. The van der Waals surface area contributed by atoms with Crippen LogP contribution in [0, 0.1) is 27.7 Å². The summed E-state index contributed by atoms with van der Waals surface area (Å²) in [4.78, 5) is 23.8. The van der Waals surface area contributed by atoms with Crippen LogP contribution in [-0.4, -0.2) is 15.6 Å². The predicted octanol–water partition coefficient (Wildman–Crippen LogP) is 2.77. The van der Waals surface area contributed by atoms with Gasteiger partial charge in [0.05, 0.1) is 5.69 Å². The van der Waals surface area contributed by atoms with Crippen molar-refractivity contribution in [2.75, 3.05) is 0 Å². The number of carbonyl (C=O) groups is 1. The number of rotatable bonds is 2. The van der Waals surface area contributed by atoms with E-state index in [2.05, 4.69) is 0 Å². The van der Waals surface area contributed by atoms with Crippen LogP contribution in [0.15, 0.2) is 29.1 Å². The molecule has 0 radical (unpaired) electrons. The number of nitrogens with zero attached hydrogens (tertiary/aromatic N) is 1. The highest BCUT2D eigenvalue weighted by Crippen LogP contribution is 2.17. The van der Waals surface area contributed by atoms with E-state index < -0.39 is 11.5 Å². The summed E-state index contributed by atoms with van der Waals surface area (Å²) in [7, 11) is 0. The standard InChI is InChI=1S/C16H17NO3/c1-9-5-6-10(2)13(7-9)17-12(4)8-11(3)14(15(17)18)16(19)20/h5-8H,1-4H3,(H,19,20). The molecule has 0 aliphatic heterocycles. The van der Waals surface area contributed by atoms with Crippen LogP contribution < -0.4 is 5.56 Å². The Morgan fingerprint density at radius 3 is 2.30 bits per heavy atom. The van der Waals surface area contributed by atoms with Crippen molar-refractivity contribution in [1.29, 1.82) is 0 Å². The Hall–Kier alpha value is -2.36. The summed E-state index contributed by atoms with van der Waals surface area (Å²) < 4.78 is 1.47. The van der Waals surface area contributed by atoms with Crippen LogP contribution in [0.3, 0.4) is 0 Å². The van der Waals surface area contributed by atoms with E-state index >= 15 is 0 Å². The quantitative estimate of drug-likeness (QED) is 0.913. The largest absolute Gasteiger partial charge is 0.477 e. The molecule has 0 aliphatic carbocycles. The van der Waals surface area contributed by atoms with E-state index in [1.807, 2.05) is 39.0 Å². The molecule has 0 unspecified atom stereocenters. The fourth-order valence-electron chi connectivity index (χ4n) is 2.41. The van der Waals surface area contributed by atoms with Crippen molar-refractivity contribution in [2.24, 2.45) is 0 Å². The third kappa shape index (κ3) is 2.25. The molecule has 1 N–H and O–H groups in total. The molecule has 0 amide bonds. The predicted molar refractivity (Wildman–Crippen MR) is 77.9 cm³/mol. The fourth-order valence-corrected chi connectivity index (χ4v) is 2.41. The molecule has 1 aromatic heterocycles. The Bertz CT molecular complexity index is 757. The van der Waals surface area contributed by atoms with Crippen molar-refractivity contribution in [1.82, 2.24) is 4.57 Å². The zero-order valence-electron chi connectivity index (χ0n) is 12.0. The Morgan fingerprint density at radius 1 is 1.05 bits per heavy atom. The van der Waals surface area contributed by atoms with Crippen molar-refractivity contribution in [3.05, 3.63) is 62.6 Å². The minimum Gasteiger partial charge on any atom is -0.477 e. The first-order chi connectivity index (χ1) is 9.32. The lowest BCUT2D eigenvalue weighted by molar-refractivity contribution is 0.0693. The van der Waals surface area contributed by atoms with Gasteiger partial charge in [-0.3, -0.25) is 9.36 Å². The van der Waals surface area contributed by atoms with E-state index in [-0.39, 0.29) is 5.56 Å². The van der Waals surface area contributed by atoms with Gasteiger partial charge in [-0.25, -0.2) is 4.79 Å². The molecule has 0 spiro atoms. The van der Waals surface area contributed by atoms with Crippen molar-refractivity contribution < 1.29 is 9.90 Å². The van der Waals surface area contributed by atoms with E-state index in [1.54, 1.807) is 13.0 Å². The maximum absolute atomic E-state index is 12.5. The molecule has 2 aromatic rings. The van der Waals surface area contributed by atoms with Crippen LogP contribution in [0.5, 0.6) is 0 Å². The van der Waals surface area contributed by atoms with Crippen LogP contribution in [0.25, 0.3) is 5.69 Å². The van der Waals surface area contributed by atoms with Gasteiger partial charge in [-0.05, 0) is 56.5 Å². The van der Waals surface area contributed by atoms with Crippen LogP contribution >= 0.6 is 0 Å². The number of aromatic nitrogens is 1. The molecule has 1 aromatic carbocycles. The molecule has 0 bridgehead atoms. The van der Waals surface area contributed by atoms with Gasteiger partial charge in [-0.1, -0.05) is 12.1 Å². The molecule has 104 valence electrons. The number of aryl methyl sites for hydroxylation is 4. The van der Waals surface area contributed by atoms with Crippen LogP contribution in [0.2, 0.25) is 0 Å². The lowest BCUT2D eigenvalue weighted by Gasteiger charge is -2.15. The SMILES string of the molecule is Cc1ccc(C)c(-n2c(C)cc(C)c(C(=O)O)c2=O)c1. The van der Waals surface area contributed by atoms with Gasteiger partial charge in [0.25, 0.3) is 5.56 Å². The molecular formula is C16H17NO3. The summed E-state index contributed by atoms with van der Waals surface area (Å²) in [6, 6.07) is 7.51. The van der Waals surface area contributed by atoms with Gasteiger partial charge in [-0.15, -0.1) is 0 Å². The number of carboxylic acid groups (broad SMARTS) is 1. The van der Waals surface area contributed by atoms with Gasteiger partial charge >= 0.3 is 5.97 Å². The second kappa shape index (κ2) is 4.96. The zero-order chi connectivity index (χ0) is 15.0. The molecule has 2 rings (SSSR count). The average Bonchev–Trinajstić information content (AvgIpc) is 2.32.